The molecule has 1 amide bonds. The van der Waals surface area contributed by atoms with E-state index in [1.807, 2.05) is 0 Å². The molecular formula is C26H17F2NO2. The second-order valence-electron chi connectivity index (χ2n) is 7.14. The number of nitrogens with zero attached hydrogens (tertiary/aromatic N) is 1. The third-order valence-corrected chi connectivity index (χ3v) is 4.98. The van der Waals surface area contributed by atoms with Gasteiger partial charge in [0.1, 0.15) is 11.6 Å². The van der Waals surface area contributed by atoms with Gasteiger partial charge in [0, 0.05) is 24.6 Å². The normalized spacial score (nSPS) is 14.3. The molecule has 0 atom stereocenters. The molecule has 152 valence electrons. The van der Waals surface area contributed by atoms with Crippen LogP contribution in [0.4, 0.5) is 14.5 Å². The molecule has 5 heteroatoms. The van der Waals surface area contributed by atoms with E-state index >= 15 is 0 Å². The molecule has 1 heterocycles. The zero-order chi connectivity index (χ0) is 22.0. The largest absolute Gasteiger partial charge is 0.311 e. The molecule has 1 aliphatic rings. The summed E-state index contributed by atoms with van der Waals surface area (Å²) in [4.78, 5) is 27.2. The van der Waals surface area contributed by atoms with Gasteiger partial charge in [-0.15, -0.1) is 0 Å². The van der Waals surface area contributed by atoms with Crippen LogP contribution < -0.4 is 4.90 Å². The van der Waals surface area contributed by atoms with Gasteiger partial charge in [-0.2, -0.15) is 0 Å². The van der Waals surface area contributed by atoms with Gasteiger partial charge in [-0.05, 0) is 59.7 Å². The van der Waals surface area contributed by atoms with Gasteiger partial charge >= 0.3 is 0 Å². The lowest BCUT2D eigenvalue weighted by atomic mass is 9.92. The minimum Gasteiger partial charge on any atom is -0.311 e. The fourth-order valence-corrected chi connectivity index (χ4v) is 3.36. The highest BCUT2D eigenvalue weighted by Gasteiger charge is 2.32. The number of hydrogen-bond acceptors (Lipinski definition) is 2. The van der Waals surface area contributed by atoms with E-state index in [9.17, 15) is 18.4 Å². The van der Waals surface area contributed by atoms with Crippen LogP contribution in [0, 0.1) is 23.5 Å². The predicted molar refractivity (Wildman–Crippen MR) is 116 cm³/mol. The van der Waals surface area contributed by atoms with E-state index in [-0.39, 0.29) is 11.4 Å². The highest BCUT2D eigenvalue weighted by atomic mass is 19.1. The summed E-state index contributed by atoms with van der Waals surface area (Å²) in [5.74, 6) is 4.40. The van der Waals surface area contributed by atoms with E-state index in [2.05, 4.69) is 11.8 Å². The Bertz CT molecular complexity index is 1280. The molecule has 31 heavy (non-hydrogen) atoms. The van der Waals surface area contributed by atoms with Crippen molar-refractivity contribution in [3.8, 4) is 11.8 Å². The Morgan fingerprint density at radius 2 is 1.71 bits per heavy atom. The summed E-state index contributed by atoms with van der Waals surface area (Å²) in [6.45, 7) is 0. The lowest BCUT2D eigenvalue weighted by Crippen LogP contribution is -2.36. The van der Waals surface area contributed by atoms with Crippen LogP contribution in [-0.2, 0) is 11.2 Å². The van der Waals surface area contributed by atoms with Gasteiger partial charge in [-0.1, -0.05) is 36.1 Å². The molecule has 0 aliphatic carbocycles. The Morgan fingerprint density at radius 3 is 2.45 bits per heavy atom. The Labute approximate surface area is 178 Å². The second-order valence-corrected chi connectivity index (χ2v) is 7.14. The lowest BCUT2D eigenvalue weighted by molar-refractivity contribution is -0.114. The van der Waals surface area contributed by atoms with Crippen LogP contribution in [0.1, 0.15) is 27.0 Å². The lowest BCUT2D eigenvalue weighted by Gasteiger charge is -2.26. The molecule has 0 N–H and O–H groups in total. The molecule has 3 aromatic carbocycles. The molecule has 0 unspecified atom stereocenters. The number of likely N-dealkylation sites (N-methyl/N-ethyl adjacent to an activating group) is 1. The molecule has 0 spiro atoms. The zero-order valence-corrected chi connectivity index (χ0v) is 16.7. The first-order chi connectivity index (χ1) is 14.9. The number of ketones is 1. The van der Waals surface area contributed by atoms with Crippen LogP contribution in [0.5, 0.6) is 0 Å². The monoisotopic (exact) mass is 413 g/mol. The number of halogens is 2. The Hall–Kier alpha value is -4.04. The summed E-state index contributed by atoms with van der Waals surface area (Å²) in [7, 11) is 1.59. The van der Waals surface area contributed by atoms with Crippen LogP contribution in [0.2, 0.25) is 0 Å². The maximum atomic E-state index is 13.5. The van der Waals surface area contributed by atoms with E-state index in [0.29, 0.717) is 28.8 Å². The van der Waals surface area contributed by atoms with E-state index in [0.717, 1.165) is 5.56 Å². The highest BCUT2D eigenvalue weighted by Crippen LogP contribution is 2.31. The molecule has 0 aromatic heterocycles. The fourth-order valence-electron chi connectivity index (χ4n) is 3.36. The van der Waals surface area contributed by atoms with E-state index in [1.54, 1.807) is 43.4 Å². The van der Waals surface area contributed by atoms with Crippen molar-refractivity contribution in [2.75, 3.05) is 11.9 Å². The molecule has 0 fully saturated rings. The molecule has 0 saturated heterocycles. The summed E-state index contributed by atoms with van der Waals surface area (Å²) >= 11 is 0. The van der Waals surface area contributed by atoms with Crippen molar-refractivity contribution in [3.05, 3.63) is 106 Å². The Balaban J connectivity index is 1.65. The van der Waals surface area contributed by atoms with Crippen molar-refractivity contribution in [3.63, 3.8) is 0 Å². The SMILES string of the molecule is CN1C(=O)C(=Cc2cccc(F)c2)C(=O)c2cc(C#CCc3ccc(F)cc3)ccc21. The van der Waals surface area contributed by atoms with Gasteiger partial charge in [0.2, 0.25) is 5.78 Å². The van der Waals surface area contributed by atoms with Crippen LogP contribution in [0.15, 0.2) is 72.3 Å². The minimum atomic E-state index is -0.447. The first kappa shape index (κ1) is 20.2. The number of hydrogen-bond donors (Lipinski definition) is 0. The number of amides is 1. The second kappa shape index (κ2) is 8.37. The maximum absolute atomic E-state index is 13.5. The van der Waals surface area contributed by atoms with Crippen LogP contribution in [0.25, 0.3) is 6.08 Å². The van der Waals surface area contributed by atoms with Gasteiger partial charge in [0.15, 0.2) is 0 Å². The average molecular weight is 413 g/mol. The molecule has 1 aliphatic heterocycles. The van der Waals surface area contributed by atoms with Gasteiger partial charge < -0.3 is 4.90 Å². The fraction of sp³-hybridized carbons (Fsp3) is 0.0769. The zero-order valence-electron chi connectivity index (χ0n) is 16.7. The molecule has 3 aromatic rings. The summed E-state index contributed by atoms with van der Waals surface area (Å²) < 4.78 is 26.5. The van der Waals surface area contributed by atoms with Gasteiger partial charge in [0.25, 0.3) is 5.91 Å². The number of anilines is 1. The van der Waals surface area contributed by atoms with E-state index < -0.39 is 17.5 Å². The van der Waals surface area contributed by atoms with Crippen molar-refractivity contribution in [1.82, 2.24) is 0 Å². The van der Waals surface area contributed by atoms with Gasteiger partial charge in [0.05, 0.1) is 11.3 Å². The third kappa shape index (κ3) is 4.29. The number of rotatable bonds is 2. The number of carbonyl (C=O) groups is 2. The third-order valence-electron chi connectivity index (χ3n) is 4.98. The van der Waals surface area contributed by atoms with Crippen molar-refractivity contribution >= 4 is 23.5 Å². The summed E-state index contributed by atoms with van der Waals surface area (Å²) in [5.41, 5.74) is 2.77. The average Bonchev–Trinajstić information content (AvgIpc) is 2.76. The Kier molecular flexibility index (Phi) is 5.46. The van der Waals surface area contributed by atoms with Crippen LogP contribution in [0.3, 0.4) is 0 Å². The van der Waals surface area contributed by atoms with Gasteiger partial charge in [-0.3, -0.25) is 9.59 Å². The van der Waals surface area contributed by atoms with E-state index in [1.165, 1.54) is 41.3 Å². The smallest absolute Gasteiger partial charge is 0.262 e. The molecule has 0 bridgehead atoms. The quantitative estimate of drug-likeness (QED) is 0.344. The minimum absolute atomic E-state index is 0.0305. The topological polar surface area (TPSA) is 37.4 Å². The summed E-state index contributed by atoms with van der Waals surface area (Å²) in [6, 6.07) is 16.9. The first-order valence-electron chi connectivity index (χ1n) is 9.60. The van der Waals surface area contributed by atoms with Crippen LogP contribution in [-0.4, -0.2) is 18.7 Å². The van der Waals surface area contributed by atoms with Gasteiger partial charge in [-0.25, -0.2) is 8.78 Å². The van der Waals surface area contributed by atoms with Crippen molar-refractivity contribution in [2.45, 2.75) is 6.42 Å². The molecule has 4 rings (SSSR count). The highest BCUT2D eigenvalue weighted by molar-refractivity contribution is 6.36. The number of benzene rings is 3. The number of carbonyl (C=O) groups excluding carboxylic acids is 2. The molecule has 0 saturated carbocycles. The van der Waals surface area contributed by atoms with Crippen molar-refractivity contribution in [2.24, 2.45) is 0 Å². The standard InChI is InChI=1S/C26H17F2NO2/c1-29-24-13-10-18(5-2-4-17-8-11-20(27)12-9-17)15-22(24)25(30)23(26(29)31)16-19-6-3-7-21(28)14-19/h3,6-16H,4H2,1H3. The molecule has 3 nitrogen and oxygen atoms in total. The summed E-state index contributed by atoms with van der Waals surface area (Å²) in [6.07, 6.45) is 1.84. The predicted octanol–water partition coefficient (Wildman–Crippen LogP) is 4.80. The first-order valence-corrected chi connectivity index (χ1v) is 9.60. The Morgan fingerprint density at radius 1 is 0.935 bits per heavy atom. The number of fused-ring (bicyclic) bond motifs is 1. The molecular weight excluding hydrogens is 396 g/mol. The molecule has 0 radical (unpaired) electrons. The number of Topliss-reactive ketones (excluding diaryl/α,β-unsaturated/α-hetero) is 1. The summed E-state index contributed by atoms with van der Waals surface area (Å²) in [5, 5.41) is 0. The van der Waals surface area contributed by atoms with Crippen molar-refractivity contribution < 1.29 is 18.4 Å². The van der Waals surface area contributed by atoms with E-state index in [4.69, 9.17) is 0 Å². The van der Waals surface area contributed by atoms with Crippen molar-refractivity contribution in [1.29, 1.82) is 0 Å². The maximum Gasteiger partial charge on any atom is 0.262 e. The van der Waals surface area contributed by atoms with Crippen LogP contribution >= 0.6 is 0 Å².